The second-order valence-corrected chi connectivity index (χ2v) is 10.00. The van der Waals surface area contributed by atoms with E-state index < -0.39 is 11.1 Å². The molecule has 6 heteroatoms. The van der Waals surface area contributed by atoms with E-state index in [1.807, 2.05) is 55.4 Å². The molecule has 2 saturated heterocycles. The molecule has 2 aliphatic heterocycles. The Morgan fingerprint density at radius 3 is 1.48 bits per heavy atom. The minimum atomic E-state index is -0.418. The lowest BCUT2D eigenvalue weighted by Gasteiger charge is -2.50. The Morgan fingerprint density at radius 1 is 0.840 bits per heavy atom. The van der Waals surface area contributed by atoms with E-state index in [2.05, 4.69) is 6.07 Å². The minimum Gasteiger partial charge on any atom is -0.313 e. The van der Waals surface area contributed by atoms with Gasteiger partial charge in [0.05, 0.1) is 6.07 Å². The van der Waals surface area contributed by atoms with Crippen LogP contribution in [0.2, 0.25) is 0 Å². The smallest absolute Gasteiger partial charge is 0.136 e. The Kier molecular flexibility index (Phi) is 6.13. The molecular weight excluding hydrogens is 318 g/mol. The molecule has 0 unspecified atom stereocenters. The highest BCUT2D eigenvalue weighted by Gasteiger charge is 2.45. The van der Waals surface area contributed by atoms with Gasteiger partial charge in [0.25, 0.3) is 0 Å². The molecule has 2 aliphatic rings. The summed E-state index contributed by atoms with van der Waals surface area (Å²) >= 11 is 0. The van der Waals surface area contributed by atoms with Gasteiger partial charge in [-0.15, -0.1) is 0 Å². The molecule has 0 saturated carbocycles. The summed E-state index contributed by atoms with van der Waals surface area (Å²) in [5, 5.41) is 31.3. The maximum Gasteiger partial charge on any atom is 0.136 e. The average molecular weight is 354 g/mol. The first-order chi connectivity index (χ1) is 11.0. The van der Waals surface area contributed by atoms with E-state index >= 15 is 0 Å². The first-order valence-electron chi connectivity index (χ1n) is 8.95. The second-order valence-electron chi connectivity index (χ2n) is 10.00. The standard InChI is InChI=1S/C10H18N2O.C9H17NO2/c1-9(2)5-8(7-11)6-10(3,4)12(9)13;1-8(2)5-7(11)6-9(3,4)10(8)12/h8,13H,5-6H2,1-4H3;12H,5-6H2,1-4H3. The third kappa shape index (κ3) is 5.01. The fourth-order valence-corrected chi connectivity index (χ4v) is 4.36. The predicted molar refractivity (Wildman–Crippen MR) is 96.1 cm³/mol. The lowest BCUT2D eigenvalue weighted by molar-refractivity contribution is -0.247. The molecule has 25 heavy (non-hydrogen) atoms. The number of piperidine rings is 2. The average Bonchev–Trinajstić information content (AvgIpc) is 2.41. The molecule has 144 valence electrons. The molecule has 6 nitrogen and oxygen atoms in total. The summed E-state index contributed by atoms with van der Waals surface area (Å²) in [7, 11) is 0. The van der Waals surface area contributed by atoms with Gasteiger partial charge in [-0.1, -0.05) is 0 Å². The van der Waals surface area contributed by atoms with Gasteiger partial charge >= 0.3 is 0 Å². The molecule has 0 atom stereocenters. The number of Topliss-reactive ketones (excluding diaryl/α,β-unsaturated/α-hetero) is 1. The quantitative estimate of drug-likeness (QED) is 0.689. The van der Waals surface area contributed by atoms with E-state index in [0.29, 0.717) is 12.8 Å². The van der Waals surface area contributed by atoms with Crippen molar-refractivity contribution in [3.05, 3.63) is 0 Å². The predicted octanol–water partition coefficient (Wildman–Crippen LogP) is 3.77. The molecule has 2 rings (SSSR count). The molecule has 2 N–H and O–H groups in total. The van der Waals surface area contributed by atoms with Crippen LogP contribution in [-0.4, -0.2) is 48.5 Å². The third-order valence-electron chi connectivity index (χ3n) is 5.23. The second kappa shape index (κ2) is 6.96. The van der Waals surface area contributed by atoms with E-state index in [0.717, 1.165) is 12.8 Å². The molecule has 0 aromatic heterocycles. The Labute approximate surface area is 152 Å². The van der Waals surface area contributed by atoms with Crippen LogP contribution in [0.25, 0.3) is 0 Å². The molecule has 0 radical (unpaired) electrons. The van der Waals surface area contributed by atoms with Crippen molar-refractivity contribution in [3.8, 4) is 6.07 Å². The highest BCUT2D eigenvalue weighted by Crippen LogP contribution is 2.39. The zero-order chi connectivity index (χ0) is 19.8. The van der Waals surface area contributed by atoms with E-state index in [4.69, 9.17) is 5.26 Å². The zero-order valence-electron chi connectivity index (χ0n) is 17.1. The van der Waals surface area contributed by atoms with Gasteiger partial charge in [-0.3, -0.25) is 4.79 Å². The van der Waals surface area contributed by atoms with Crippen LogP contribution in [-0.2, 0) is 4.79 Å². The summed E-state index contributed by atoms with van der Waals surface area (Å²) in [4.78, 5) is 11.3. The number of nitrogens with zero attached hydrogens (tertiary/aromatic N) is 3. The Bertz CT molecular complexity index is 509. The Balaban J connectivity index is 0.000000251. The molecule has 0 aromatic carbocycles. The van der Waals surface area contributed by atoms with Gasteiger partial charge in [-0.25, -0.2) is 0 Å². The van der Waals surface area contributed by atoms with Crippen LogP contribution >= 0.6 is 0 Å². The normalized spacial score (nSPS) is 28.6. The topological polar surface area (TPSA) is 87.8 Å². The van der Waals surface area contributed by atoms with Gasteiger partial charge in [0, 0.05) is 40.9 Å². The minimum absolute atomic E-state index is 0.0633. The number of rotatable bonds is 0. The Morgan fingerprint density at radius 2 is 1.16 bits per heavy atom. The van der Waals surface area contributed by atoms with Crippen LogP contribution in [0.5, 0.6) is 0 Å². The van der Waals surface area contributed by atoms with Crippen LogP contribution in [0.4, 0.5) is 0 Å². The lowest BCUT2D eigenvalue weighted by Crippen LogP contribution is -2.59. The summed E-state index contributed by atoms with van der Waals surface area (Å²) in [6.07, 6.45) is 2.35. The van der Waals surface area contributed by atoms with Gasteiger partial charge in [-0.05, 0) is 68.2 Å². The molecule has 2 heterocycles. The summed E-state index contributed by atoms with van der Waals surface area (Å²) in [5.41, 5.74) is -1.41. The van der Waals surface area contributed by atoms with E-state index in [1.54, 1.807) is 0 Å². The van der Waals surface area contributed by atoms with Crippen molar-refractivity contribution in [2.45, 2.75) is 103 Å². The molecule has 0 aliphatic carbocycles. The number of nitriles is 1. The third-order valence-corrected chi connectivity index (χ3v) is 5.23. The maximum absolute atomic E-state index is 11.3. The van der Waals surface area contributed by atoms with Crippen molar-refractivity contribution >= 4 is 5.78 Å². The highest BCUT2D eigenvalue weighted by molar-refractivity contribution is 5.81. The molecular formula is C19H35N3O3. The number of hydrogen-bond donors (Lipinski definition) is 2. The Hall–Kier alpha value is -1.00. The van der Waals surface area contributed by atoms with Gasteiger partial charge in [0.2, 0.25) is 0 Å². The van der Waals surface area contributed by atoms with Crippen LogP contribution in [0.1, 0.15) is 81.1 Å². The molecule has 0 bridgehead atoms. The van der Waals surface area contributed by atoms with Crippen molar-refractivity contribution in [2.75, 3.05) is 0 Å². The monoisotopic (exact) mass is 353 g/mol. The highest BCUT2D eigenvalue weighted by atomic mass is 16.5. The first-order valence-corrected chi connectivity index (χ1v) is 8.95. The number of ketones is 1. The largest absolute Gasteiger partial charge is 0.313 e. The molecule has 0 aromatic rings. The van der Waals surface area contributed by atoms with Crippen molar-refractivity contribution in [3.63, 3.8) is 0 Å². The van der Waals surface area contributed by atoms with E-state index in [9.17, 15) is 15.2 Å². The lowest BCUT2D eigenvalue weighted by atomic mass is 9.76. The first kappa shape index (κ1) is 22.0. The van der Waals surface area contributed by atoms with E-state index in [1.165, 1.54) is 10.1 Å². The van der Waals surface area contributed by atoms with Gasteiger partial charge in [-0.2, -0.15) is 15.4 Å². The molecule has 0 amide bonds. The SMILES string of the molecule is CC1(C)CC(=O)CC(C)(C)N1O.CC1(C)CC(C#N)CC(C)(C)N1O. The summed E-state index contributed by atoms with van der Waals surface area (Å²) in [6, 6.07) is 2.30. The molecule has 2 fully saturated rings. The maximum atomic E-state index is 11.3. The molecule has 0 spiro atoms. The van der Waals surface area contributed by atoms with Crippen molar-refractivity contribution in [1.82, 2.24) is 10.1 Å². The van der Waals surface area contributed by atoms with Gasteiger partial charge in [0.15, 0.2) is 0 Å². The van der Waals surface area contributed by atoms with Crippen LogP contribution in [0, 0.1) is 17.2 Å². The summed E-state index contributed by atoms with van der Waals surface area (Å²) in [6.45, 7) is 15.4. The summed E-state index contributed by atoms with van der Waals surface area (Å²) in [5.74, 6) is 0.295. The number of carbonyl (C=O) groups is 1. The van der Waals surface area contributed by atoms with Crippen molar-refractivity contribution in [2.24, 2.45) is 5.92 Å². The number of hydroxylamine groups is 4. The van der Waals surface area contributed by atoms with Crippen molar-refractivity contribution < 1.29 is 15.2 Å². The van der Waals surface area contributed by atoms with E-state index in [-0.39, 0.29) is 22.8 Å². The van der Waals surface area contributed by atoms with Gasteiger partial charge < -0.3 is 10.4 Å². The fourth-order valence-electron chi connectivity index (χ4n) is 4.36. The van der Waals surface area contributed by atoms with Gasteiger partial charge in [0.1, 0.15) is 5.78 Å². The van der Waals surface area contributed by atoms with Crippen LogP contribution in [0.3, 0.4) is 0 Å². The number of hydrogen-bond acceptors (Lipinski definition) is 6. The zero-order valence-corrected chi connectivity index (χ0v) is 17.1. The van der Waals surface area contributed by atoms with Crippen LogP contribution < -0.4 is 0 Å². The van der Waals surface area contributed by atoms with Crippen LogP contribution in [0.15, 0.2) is 0 Å². The van der Waals surface area contributed by atoms with Crippen molar-refractivity contribution in [1.29, 1.82) is 5.26 Å². The summed E-state index contributed by atoms with van der Waals surface area (Å²) < 4.78 is 0. The number of carbonyl (C=O) groups excluding carboxylic acids is 1. The fraction of sp³-hybridized carbons (Fsp3) is 0.895.